The van der Waals surface area contributed by atoms with E-state index in [1.54, 1.807) is 0 Å². The van der Waals surface area contributed by atoms with Crippen molar-refractivity contribution in [3.05, 3.63) is 0 Å². The molecule has 0 spiro atoms. The van der Waals surface area contributed by atoms with E-state index in [9.17, 15) is 14.7 Å². The van der Waals surface area contributed by atoms with E-state index < -0.39 is 12.0 Å². The van der Waals surface area contributed by atoms with E-state index in [0.717, 1.165) is 77.3 Å². The predicted octanol–water partition coefficient (Wildman–Crippen LogP) is 3.47. The lowest BCUT2D eigenvalue weighted by molar-refractivity contribution is -0.149. The summed E-state index contributed by atoms with van der Waals surface area (Å²) in [5, 5.41) is 17.2. The van der Waals surface area contributed by atoms with Gasteiger partial charge in [-0.2, -0.15) is 0 Å². The third-order valence-corrected chi connectivity index (χ3v) is 7.96. The van der Waals surface area contributed by atoms with Crippen LogP contribution in [-0.2, 0) is 14.3 Å². The molecule has 4 N–H and O–H groups in total. The van der Waals surface area contributed by atoms with Gasteiger partial charge in [-0.25, -0.2) is 0 Å². The molecule has 2 atom stereocenters. The van der Waals surface area contributed by atoms with E-state index in [0.29, 0.717) is 25.7 Å². The standard InChI is InChI=1S/C25H45N5O4.2ClH/c1-2-29(19-8-4-3-5-9-19)22(18-23(31)32)24(33)30-14-7-6-10-20(30)13-17-34-21-11-15-28(16-12-21)25(26)27;;/h19-22H,2-18H2,1H3,(H3,26,27)(H,31,32);2*1H/t20-,22+;;/m1../s1. The van der Waals surface area contributed by atoms with Gasteiger partial charge in [0.05, 0.1) is 12.5 Å². The van der Waals surface area contributed by atoms with Gasteiger partial charge >= 0.3 is 5.97 Å². The number of likely N-dealkylation sites (N-methyl/N-ethyl adjacent to an activating group) is 1. The number of nitrogens with zero attached hydrogens (tertiary/aromatic N) is 3. The number of carboxylic acid groups (broad SMARTS) is 1. The molecule has 3 fully saturated rings. The first kappa shape index (κ1) is 32.7. The largest absolute Gasteiger partial charge is 0.481 e. The molecule has 0 bridgehead atoms. The van der Waals surface area contributed by atoms with Crippen LogP contribution in [0.15, 0.2) is 0 Å². The molecule has 1 amide bonds. The smallest absolute Gasteiger partial charge is 0.305 e. The van der Waals surface area contributed by atoms with Gasteiger partial charge in [-0.3, -0.25) is 19.9 Å². The summed E-state index contributed by atoms with van der Waals surface area (Å²) in [6.45, 7) is 5.56. The zero-order valence-corrected chi connectivity index (χ0v) is 23.4. The van der Waals surface area contributed by atoms with Crippen LogP contribution in [0, 0.1) is 5.41 Å². The molecule has 0 unspecified atom stereocenters. The number of guanidine groups is 1. The van der Waals surface area contributed by atoms with Crippen molar-refractivity contribution in [2.24, 2.45) is 5.73 Å². The number of aliphatic carboxylic acids is 1. The first-order chi connectivity index (χ1) is 16.4. The number of nitrogens with one attached hydrogen (secondary N) is 1. The van der Waals surface area contributed by atoms with Gasteiger partial charge in [0.25, 0.3) is 0 Å². The lowest BCUT2D eigenvalue weighted by atomic mass is 9.91. The molecule has 36 heavy (non-hydrogen) atoms. The Kier molecular flexibility index (Phi) is 15.0. The number of amides is 1. The first-order valence-corrected chi connectivity index (χ1v) is 13.4. The summed E-state index contributed by atoms with van der Waals surface area (Å²) < 4.78 is 6.15. The first-order valence-electron chi connectivity index (χ1n) is 13.4. The fourth-order valence-electron chi connectivity index (χ4n) is 6.07. The molecule has 1 saturated carbocycles. The predicted molar refractivity (Wildman–Crippen MR) is 146 cm³/mol. The molecule has 2 saturated heterocycles. The Balaban J connectivity index is 0.00000324. The van der Waals surface area contributed by atoms with Crippen molar-refractivity contribution in [2.75, 3.05) is 32.8 Å². The fraction of sp³-hybridized carbons (Fsp3) is 0.880. The number of carbonyl (C=O) groups excluding carboxylic acids is 1. The molecule has 0 aromatic rings. The van der Waals surface area contributed by atoms with Crippen molar-refractivity contribution in [2.45, 2.75) is 108 Å². The van der Waals surface area contributed by atoms with Gasteiger partial charge in [0.2, 0.25) is 5.91 Å². The Morgan fingerprint density at radius 1 is 1.03 bits per heavy atom. The Hall–Kier alpha value is -1.29. The number of likely N-dealkylation sites (tertiary alicyclic amines) is 2. The van der Waals surface area contributed by atoms with E-state index in [4.69, 9.17) is 15.9 Å². The molecule has 0 aromatic carbocycles. The summed E-state index contributed by atoms with van der Waals surface area (Å²) in [5.41, 5.74) is 5.58. The molecular weight excluding hydrogens is 505 g/mol. The summed E-state index contributed by atoms with van der Waals surface area (Å²) in [6, 6.07) is -0.164. The van der Waals surface area contributed by atoms with Crippen LogP contribution in [0.2, 0.25) is 0 Å². The Morgan fingerprint density at radius 3 is 2.25 bits per heavy atom. The maximum Gasteiger partial charge on any atom is 0.305 e. The molecule has 1 aliphatic carbocycles. The molecule has 3 rings (SSSR count). The highest BCUT2D eigenvalue weighted by atomic mass is 35.5. The van der Waals surface area contributed by atoms with Crippen LogP contribution in [0.4, 0.5) is 0 Å². The van der Waals surface area contributed by atoms with Crippen LogP contribution >= 0.6 is 24.8 Å². The molecule has 210 valence electrons. The molecular formula is C25H47Cl2N5O4. The number of halogens is 2. The third kappa shape index (κ3) is 9.23. The van der Waals surface area contributed by atoms with E-state index in [-0.39, 0.29) is 55.2 Å². The van der Waals surface area contributed by atoms with Crippen LogP contribution < -0.4 is 5.73 Å². The number of ether oxygens (including phenoxy) is 1. The fourth-order valence-corrected chi connectivity index (χ4v) is 6.07. The summed E-state index contributed by atoms with van der Waals surface area (Å²) in [4.78, 5) is 31.6. The van der Waals surface area contributed by atoms with Gasteiger partial charge in [-0.05, 0) is 57.9 Å². The second-order valence-electron chi connectivity index (χ2n) is 10.1. The average molecular weight is 553 g/mol. The van der Waals surface area contributed by atoms with Crippen molar-refractivity contribution in [3.63, 3.8) is 0 Å². The second-order valence-corrected chi connectivity index (χ2v) is 10.1. The van der Waals surface area contributed by atoms with Crippen molar-refractivity contribution in [1.82, 2.24) is 14.7 Å². The van der Waals surface area contributed by atoms with E-state index >= 15 is 0 Å². The third-order valence-electron chi connectivity index (χ3n) is 7.96. The zero-order chi connectivity index (χ0) is 24.5. The number of hydrogen-bond donors (Lipinski definition) is 3. The molecule has 2 heterocycles. The highest BCUT2D eigenvalue weighted by Gasteiger charge is 2.38. The van der Waals surface area contributed by atoms with Crippen LogP contribution in [-0.4, -0.2) is 94.7 Å². The lowest BCUT2D eigenvalue weighted by Gasteiger charge is -2.43. The number of nitrogens with two attached hydrogens (primary N) is 1. The quantitative estimate of drug-likeness (QED) is 0.280. The molecule has 0 radical (unpaired) electrons. The SMILES string of the molecule is CCN(C1CCCCC1)[C@@H](CC(=O)O)C(=O)N1CCCC[C@@H]1CCOC1CCN(C(=N)N)CC1.Cl.Cl. The Bertz CT molecular complexity index is 687. The van der Waals surface area contributed by atoms with Crippen LogP contribution in [0.5, 0.6) is 0 Å². The van der Waals surface area contributed by atoms with Crippen LogP contribution in [0.3, 0.4) is 0 Å². The summed E-state index contributed by atoms with van der Waals surface area (Å²) in [5.74, 6) is -0.782. The van der Waals surface area contributed by atoms with Gasteiger partial charge in [0.1, 0.15) is 6.04 Å². The number of piperidine rings is 2. The van der Waals surface area contributed by atoms with E-state index in [2.05, 4.69) is 11.8 Å². The summed E-state index contributed by atoms with van der Waals surface area (Å²) in [7, 11) is 0. The minimum Gasteiger partial charge on any atom is -0.481 e. The van der Waals surface area contributed by atoms with E-state index in [1.165, 1.54) is 6.42 Å². The molecule has 3 aliphatic rings. The molecule has 0 aromatic heterocycles. The van der Waals surface area contributed by atoms with Gasteiger partial charge in [0, 0.05) is 38.3 Å². The monoisotopic (exact) mass is 551 g/mol. The Labute approximate surface area is 228 Å². The average Bonchev–Trinajstić information content (AvgIpc) is 2.84. The van der Waals surface area contributed by atoms with Crippen molar-refractivity contribution in [3.8, 4) is 0 Å². The normalized spacial score (nSPS) is 22.4. The highest BCUT2D eigenvalue weighted by molar-refractivity contribution is 5.86. The van der Waals surface area contributed by atoms with Gasteiger partial charge in [-0.1, -0.05) is 26.2 Å². The minimum absolute atomic E-state index is 0. The lowest BCUT2D eigenvalue weighted by Crippen LogP contribution is -2.56. The van der Waals surface area contributed by atoms with Crippen LogP contribution in [0.25, 0.3) is 0 Å². The van der Waals surface area contributed by atoms with Gasteiger partial charge in [0.15, 0.2) is 5.96 Å². The molecule has 11 heteroatoms. The topological polar surface area (TPSA) is 123 Å². The number of carbonyl (C=O) groups is 2. The zero-order valence-electron chi connectivity index (χ0n) is 21.7. The Morgan fingerprint density at radius 2 is 1.67 bits per heavy atom. The summed E-state index contributed by atoms with van der Waals surface area (Å²) in [6.07, 6.45) is 11.2. The molecule has 2 aliphatic heterocycles. The molecule has 9 nitrogen and oxygen atoms in total. The van der Waals surface area contributed by atoms with Gasteiger partial charge in [-0.15, -0.1) is 24.8 Å². The van der Waals surface area contributed by atoms with E-state index in [1.807, 2.05) is 9.80 Å². The second kappa shape index (κ2) is 16.5. The number of hydrogen-bond acceptors (Lipinski definition) is 5. The number of rotatable bonds is 10. The van der Waals surface area contributed by atoms with Crippen molar-refractivity contribution >= 4 is 42.7 Å². The van der Waals surface area contributed by atoms with Crippen molar-refractivity contribution in [1.29, 1.82) is 5.41 Å². The maximum absolute atomic E-state index is 13.8. The minimum atomic E-state index is -0.901. The van der Waals surface area contributed by atoms with Gasteiger partial charge < -0.3 is 25.4 Å². The number of carboxylic acids is 1. The maximum atomic E-state index is 13.8. The highest BCUT2D eigenvalue weighted by Crippen LogP contribution is 2.28. The van der Waals surface area contributed by atoms with Crippen molar-refractivity contribution < 1.29 is 19.4 Å². The van der Waals surface area contributed by atoms with Crippen LogP contribution in [0.1, 0.15) is 84.0 Å². The summed E-state index contributed by atoms with van der Waals surface area (Å²) >= 11 is 0.